The molecule has 1 aromatic carbocycles. The van der Waals surface area contributed by atoms with Crippen molar-refractivity contribution < 1.29 is 4.52 Å². The van der Waals surface area contributed by atoms with Gasteiger partial charge in [0, 0.05) is 9.50 Å². The molecule has 20 heavy (non-hydrogen) atoms. The van der Waals surface area contributed by atoms with Crippen LogP contribution in [0.4, 0.5) is 0 Å². The van der Waals surface area contributed by atoms with E-state index in [-0.39, 0.29) is 12.4 Å². The number of benzene rings is 1. The van der Waals surface area contributed by atoms with Crippen LogP contribution in [0, 0.1) is 0 Å². The lowest BCUT2D eigenvalue weighted by Gasteiger charge is -2.17. The van der Waals surface area contributed by atoms with Crippen molar-refractivity contribution in [3.05, 3.63) is 33.5 Å². The average Bonchev–Trinajstić information content (AvgIpc) is 3.02. The quantitative estimate of drug-likeness (QED) is 0.845. The van der Waals surface area contributed by atoms with Crippen molar-refractivity contribution in [2.75, 3.05) is 0 Å². The van der Waals surface area contributed by atoms with Gasteiger partial charge in [-0.3, -0.25) is 0 Å². The fourth-order valence-corrected chi connectivity index (χ4v) is 3.01. The Morgan fingerprint density at radius 2 is 2.00 bits per heavy atom. The molecule has 108 valence electrons. The maximum atomic E-state index is 6.32. The Hall–Kier alpha value is -0.620. The van der Waals surface area contributed by atoms with Crippen LogP contribution in [0.5, 0.6) is 0 Å². The molecule has 0 saturated heterocycles. The van der Waals surface area contributed by atoms with Gasteiger partial charge in [0.15, 0.2) is 5.82 Å². The van der Waals surface area contributed by atoms with Crippen LogP contribution in [0.15, 0.2) is 27.2 Å². The second-order valence-corrected chi connectivity index (χ2v) is 6.20. The highest BCUT2D eigenvalue weighted by molar-refractivity contribution is 9.10. The minimum atomic E-state index is -0.438. The maximum Gasteiger partial charge on any atom is 0.259 e. The highest BCUT2D eigenvalue weighted by Gasteiger charge is 2.36. The number of halogens is 3. The standard InChI is InChI=1S/C13H13BrClN3O.ClH/c14-10-4-3-8(15)7-9(10)11-17-12(18-19-11)13(16)5-1-2-6-13;/h3-4,7H,1-2,5-6,16H2;1H. The number of rotatable bonds is 2. The van der Waals surface area contributed by atoms with Crippen molar-refractivity contribution in [2.45, 2.75) is 31.2 Å². The van der Waals surface area contributed by atoms with E-state index < -0.39 is 5.54 Å². The molecule has 1 saturated carbocycles. The molecular formula is C13H14BrCl2N3O. The summed E-state index contributed by atoms with van der Waals surface area (Å²) in [6.07, 6.45) is 4.04. The van der Waals surface area contributed by atoms with Crippen LogP contribution < -0.4 is 5.73 Å². The summed E-state index contributed by atoms with van der Waals surface area (Å²) in [6, 6.07) is 5.45. The van der Waals surface area contributed by atoms with Gasteiger partial charge in [0.05, 0.1) is 11.1 Å². The summed E-state index contributed by atoms with van der Waals surface area (Å²) in [7, 11) is 0. The molecule has 3 rings (SSSR count). The number of nitrogens with two attached hydrogens (primary N) is 1. The lowest BCUT2D eigenvalue weighted by molar-refractivity contribution is 0.372. The lowest BCUT2D eigenvalue weighted by Crippen LogP contribution is -2.34. The van der Waals surface area contributed by atoms with E-state index in [2.05, 4.69) is 26.1 Å². The Kier molecular flexibility index (Phi) is 4.74. The molecule has 0 aliphatic heterocycles. The van der Waals surface area contributed by atoms with Crippen LogP contribution in [-0.2, 0) is 5.54 Å². The van der Waals surface area contributed by atoms with Crippen molar-refractivity contribution in [3.8, 4) is 11.5 Å². The lowest BCUT2D eigenvalue weighted by atomic mass is 9.99. The second-order valence-electron chi connectivity index (χ2n) is 4.91. The Morgan fingerprint density at radius 3 is 2.70 bits per heavy atom. The van der Waals surface area contributed by atoms with E-state index in [9.17, 15) is 0 Å². The van der Waals surface area contributed by atoms with E-state index in [1.54, 1.807) is 12.1 Å². The molecule has 2 aromatic rings. The Bertz CT molecular complexity index is 611. The SMILES string of the molecule is Cl.NC1(c2noc(-c3cc(Cl)ccc3Br)n2)CCCC1. The van der Waals surface area contributed by atoms with Crippen LogP contribution in [0.25, 0.3) is 11.5 Å². The van der Waals surface area contributed by atoms with Crippen molar-refractivity contribution in [2.24, 2.45) is 5.73 Å². The molecule has 0 radical (unpaired) electrons. The number of aromatic nitrogens is 2. The average molecular weight is 379 g/mol. The van der Waals surface area contributed by atoms with E-state index in [1.165, 1.54) is 0 Å². The van der Waals surface area contributed by atoms with Crippen molar-refractivity contribution in [1.82, 2.24) is 10.1 Å². The predicted molar refractivity (Wildman–Crippen MR) is 84.0 cm³/mol. The molecule has 1 aromatic heterocycles. The molecule has 0 spiro atoms. The Labute approximate surface area is 136 Å². The van der Waals surface area contributed by atoms with Gasteiger partial charge < -0.3 is 10.3 Å². The molecule has 2 N–H and O–H groups in total. The Balaban J connectivity index is 0.00000147. The first-order valence-corrected chi connectivity index (χ1v) is 7.34. The molecular weight excluding hydrogens is 365 g/mol. The largest absolute Gasteiger partial charge is 0.334 e. The zero-order chi connectivity index (χ0) is 13.5. The van der Waals surface area contributed by atoms with Gasteiger partial charge in [-0.1, -0.05) is 29.6 Å². The highest BCUT2D eigenvalue weighted by atomic mass is 79.9. The molecule has 1 heterocycles. The van der Waals surface area contributed by atoms with Crippen molar-refractivity contribution in [3.63, 3.8) is 0 Å². The van der Waals surface area contributed by atoms with Gasteiger partial charge in [-0.2, -0.15) is 4.98 Å². The molecule has 0 amide bonds. The van der Waals surface area contributed by atoms with Gasteiger partial charge in [0.25, 0.3) is 5.89 Å². The number of nitrogens with zero attached hydrogens (tertiary/aromatic N) is 2. The summed E-state index contributed by atoms with van der Waals surface area (Å²) in [5.74, 6) is 1.04. The summed E-state index contributed by atoms with van der Waals surface area (Å²) in [6.45, 7) is 0. The zero-order valence-electron chi connectivity index (χ0n) is 10.6. The number of hydrogen-bond acceptors (Lipinski definition) is 4. The van der Waals surface area contributed by atoms with Crippen molar-refractivity contribution in [1.29, 1.82) is 0 Å². The van der Waals surface area contributed by atoms with Crippen LogP contribution in [0.2, 0.25) is 5.02 Å². The molecule has 1 fully saturated rings. The topological polar surface area (TPSA) is 64.9 Å². The summed E-state index contributed by atoms with van der Waals surface area (Å²) in [5, 5.41) is 4.67. The minimum absolute atomic E-state index is 0. The molecule has 0 bridgehead atoms. The highest BCUT2D eigenvalue weighted by Crippen LogP contribution is 2.36. The first-order valence-electron chi connectivity index (χ1n) is 6.17. The third-order valence-corrected chi connectivity index (χ3v) is 4.45. The fourth-order valence-electron chi connectivity index (χ4n) is 2.43. The molecule has 0 atom stereocenters. The van der Waals surface area contributed by atoms with E-state index in [1.807, 2.05) is 6.07 Å². The van der Waals surface area contributed by atoms with Gasteiger partial charge in [-0.15, -0.1) is 12.4 Å². The van der Waals surface area contributed by atoms with Gasteiger partial charge in [-0.05, 0) is 47.0 Å². The molecule has 1 aliphatic carbocycles. The monoisotopic (exact) mass is 377 g/mol. The second kappa shape index (κ2) is 6.02. The maximum absolute atomic E-state index is 6.32. The van der Waals surface area contributed by atoms with Gasteiger partial charge in [0.1, 0.15) is 0 Å². The van der Waals surface area contributed by atoms with Crippen LogP contribution in [0.3, 0.4) is 0 Å². The van der Waals surface area contributed by atoms with Crippen molar-refractivity contribution >= 4 is 39.9 Å². The summed E-state index contributed by atoms with van der Waals surface area (Å²) in [5.41, 5.74) is 6.66. The molecule has 7 heteroatoms. The molecule has 0 unspecified atom stereocenters. The third-order valence-electron chi connectivity index (χ3n) is 3.53. The smallest absolute Gasteiger partial charge is 0.259 e. The van der Waals surface area contributed by atoms with Crippen LogP contribution >= 0.6 is 39.9 Å². The van der Waals surface area contributed by atoms with E-state index >= 15 is 0 Å². The van der Waals surface area contributed by atoms with E-state index in [0.717, 1.165) is 35.7 Å². The third kappa shape index (κ3) is 2.86. The molecule has 1 aliphatic rings. The first kappa shape index (κ1) is 15.8. The normalized spacial score (nSPS) is 16.9. The van der Waals surface area contributed by atoms with Gasteiger partial charge in [-0.25, -0.2) is 0 Å². The summed E-state index contributed by atoms with van der Waals surface area (Å²) >= 11 is 9.45. The predicted octanol–water partition coefficient (Wildman–Crippen LogP) is 4.30. The Morgan fingerprint density at radius 1 is 1.30 bits per heavy atom. The van der Waals surface area contributed by atoms with Gasteiger partial charge in [0.2, 0.25) is 0 Å². The summed E-state index contributed by atoms with van der Waals surface area (Å²) < 4.78 is 6.20. The first-order chi connectivity index (χ1) is 9.08. The van der Waals surface area contributed by atoms with E-state index in [4.69, 9.17) is 21.9 Å². The van der Waals surface area contributed by atoms with Crippen LogP contribution in [0.1, 0.15) is 31.5 Å². The van der Waals surface area contributed by atoms with Crippen LogP contribution in [-0.4, -0.2) is 10.1 Å². The summed E-state index contributed by atoms with van der Waals surface area (Å²) in [4.78, 5) is 4.44. The fraction of sp³-hybridized carbons (Fsp3) is 0.385. The van der Waals surface area contributed by atoms with Gasteiger partial charge >= 0.3 is 0 Å². The van der Waals surface area contributed by atoms with E-state index in [0.29, 0.717) is 16.7 Å². The molecule has 4 nitrogen and oxygen atoms in total. The zero-order valence-corrected chi connectivity index (χ0v) is 13.8. The number of hydrogen-bond donors (Lipinski definition) is 1. The minimum Gasteiger partial charge on any atom is -0.334 e.